The zero-order chi connectivity index (χ0) is 20.4. The van der Waals surface area contributed by atoms with Crippen molar-refractivity contribution in [1.82, 2.24) is 0 Å². The van der Waals surface area contributed by atoms with E-state index in [9.17, 15) is 9.59 Å². The van der Waals surface area contributed by atoms with Crippen LogP contribution in [0.15, 0.2) is 45.9 Å². The maximum atomic E-state index is 12.5. The van der Waals surface area contributed by atoms with E-state index in [1.54, 1.807) is 20.1 Å². The van der Waals surface area contributed by atoms with Crippen LogP contribution in [-0.2, 0) is 14.3 Å². The van der Waals surface area contributed by atoms with Crippen LogP contribution in [0.25, 0.3) is 0 Å². The molecule has 2 atom stereocenters. The molecule has 1 aliphatic carbocycles. The fraction of sp³-hybridized carbons (Fsp3) is 0.455. The van der Waals surface area contributed by atoms with Crippen LogP contribution < -0.4 is 0 Å². The van der Waals surface area contributed by atoms with E-state index in [2.05, 4.69) is 0 Å². The van der Waals surface area contributed by atoms with Gasteiger partial charge >= 0.3 is 5.97 Å². The summed E-state index contributed by atoms with van der Waals surface area (Å²) in [4.78, 5) is 25.7. The summed E-state index contributed by atoms with van der Waals surface area (Å²) in [6.07, 6.45) is 3.18. The minimum Gasteiger partial charge on any atom is -0.462 e. The molecular weight excluding hydrogens is 360 g/mol. The topological polar surface area (TPSA) is 52.6 Å². The lowest BCUT2D eigenvalue weighted by Gasteiger charge is -2.41. The molecule has 1 aromatic rings. The van der Waals surface area contributed by atoms with Crippen LogP contribution >= 0.6 is 11.3 Å². The number of ether oxygens (including phenoxy) is 2. The van der Waals surface area contributed by atoms with Gasteiger partial charge in [-0.05, 0) is 75.8 Å². The highest BCUT2D eigenvalue weighted by atomic mass is 32.1. The third-order valence-electron chi connectivity index (χ3n) is 5.35. The lowest BCUT2D eigenvalue weighted by atomic mass is 9.67. The van der Waals surface area contributed by atoms with Gasteiger partial charge in [0.05, 0.1) is 23.2 Å². The maximum Gasteiger partial charge on any atom is 0.338 e. The predicted octanol–water partition coefficient (Wildman–Crippen LogP) is 5.05. The van der Waals surface area contributed by atoms with Crippen molar-refractivity contribution in [3.8, 4) is 0 Å². The zero-order valence-electron chi connectivity index (χ0n) is 17.1. The minimum absolute atomic E-state index is 0.0209. The number of hydrogen-bond donors (Lipinski definition) is 0. The van der Waals surface area contributed by atoms with E-state index in [1.165, 1.54) is 11.3 Å². The van der Waals surface area contributed by atoms with Gasteiger partial charge in [-0.2, -0.15) is 0 Å². The Labute approximate surface area is 165 Å². The van der Waals surface area contributed by atoms with Gasteiger partial charge in [0.2, 0.25) is 0 Å². The predicted molar refractivity (Wildman–Crippen MR) is 109 cm³/mol. The zero-order valence-corrected chi connectivity index (χ0v) is 18.0. The van der Waals surface area contributed by atoms with Crippen molar-refractivity contribution in [1.29, 1.82) is 0 Å². The van der Waals surface area contributed by atoms with Gasteiger partial charge in [-0.1, -0.05) is 11.6 Å². The summed E-state index contributed by atoms with van der Waals surface area (Å²) in [7, 11) is 1.63. The summed E-state index contributed by atoms with van der Waals surface area (Å²) in [6, 6.07) is 1.90. The third kappa shape index (κ3) is 3.99. The molecule has 0 radical (unpaired) electrons. The number of rotatable bonds is 6. The first-order valence-electron chi connectivity index (χ1n) is 9.05. The number of hydrogen-bond acceptors (Lipinski definition) is 5. The van der Waals surface area contributed by atoms with E-state index in [1.807, 2.05) is 52.1 Å². The number of aryl methyl sites for hydroxylation is 1. The molecule has 1 aliphatic rings. The van der Waals surface area contributed by atoms with Gasteiger partial charge in [-0.3, -0.25) is 4.79 Å². The summed E-state index contributed by atoms with van der Waals surface area (Å²) < 4.78 is 11.0. The SMILES string of the molecule is CCOC(=O)C1=C(C)C(OC)C(C)(C=CC(=O)c2cc(C)cs2)C(C)=C1C. The molecule has 2 rings (SSSR count). The van der Waals surface area contributed by atoms with Crippen LogP contribution in [-0.4, -0.2) is 31.6 Å². The van der Waals surface area contributed by atoms with Gasteiger partial charge in [-0.25, -0.2) is 4.79 Å². The Morgan fingerprint density at radius 2 is 1.93 bits per heavy atom. The van der Waals surface area contributed by atoms with Crippen LogP contribution in [0, 0.1) is 12.3 Å². The number of thiophene rings is 1. The van der Waals surface area contributed by atoms with E-state index in [4.69, 9.17) is 9.47 Å². The van der Waals surface area contributed by atoms with Crippen molar-refractivity contribution >= 4 is 23.1 Å². The Kier molecular flexibility index (Phi) is 6.60. The van der Waals surface area contributed by atoms with Crippen molar-refractivity contribution in [2.24, 2.45) is 5.41 Å². The molecule has 0 spiro atoms. The van der Waals surface area contributed by atoms with Crippen molar-refractivity contribution < 1.29 is 19.1 Å². The number of ketones is 1. The van der Waals surface area contributed by atoms with Crippen LogP contribution in [0.4, 0.5) is 0 Å². The Bertz CT molecular complexity index is 840. The van der Waals surface area contributed by atoms with Crippen molar-refractivity contribution in [2.45, 2.75) is 47.6 Å². The molecule has 5 heteroatoms. The molecule has 1 heterocycles. The standard InChI is InChI=1S/C22H28O4S/c1-8-26-21(24)19-14(3)16(5)22(6,20(25-7)15(19)4)10-9-17(23)18-11-13(2)12-27-18/h9-12,20H,8H2,1-7H3. The second kappa shape index (κ2) is 8.36. The van der Waals surface area contributed by atoms with Crippen LogP contribution in [0.1, 0.15) is 49.9 Å². The normalized spacial score (nSPS) is 23.3. The Balaban J connectivity index is 2.45. The average Bonchev–Trinajstić information content (AvgIpc) is 3.05. The molecule has 0 aliphatic heterocycles. The molecule has 0 aromatic carbocycles. The third-order valence-corrected chi connectivity index (χ3v) is 6.41. The molecule has 146 valence electrons. The fourth-order valence-electron chi connectivity index (χ4n) is 3.71. The molecule has 27 heavy (non-hydrogen) atoms. The molecule has 0 fully saturated rings. The van der Waals surface area contributed by atoms with E-state index in [0.29, 0.717) is 12.2 Å². The first kappa shape index (κ1) is 21.3. The van der Waals surface area contributed by atoms with Gasteiger partial charge in [0.15, 0.2) is 5.78 Å². The number of allylic oxidation sites excluding steroid dienone is 1. The van der Waals surface area contributed by atoms with Crippen LogP contribution in [0.2, 0.25) is 0 Å². The fourth-order valence-corrected chi connectivity index (χ4v) is 4.53. The summed E-state index contributed by atoms with van der Waals surface area (Å²) >= 11 is 1.45. The quantitative estimate of drug-likeness (QED) is 0.389. The number of esters is 1. The van der Waals surface area contributed by atoms with E-state index >= 15 is 0 Å². The highest BCUT2D eigenvalue weighted by Crippen LogP contribution is 2.46. The van der Waals surface area contributed by atoms with E-state index < -0.39 is 5.41 Å². The molecular formula is C22H28O4S. The summed E-state index contributed by atoms with van der Waals surface area (Å²) in [5.74, 6) is -0.350. The summed E-state index contributed by atoms with van der Waals surface area (Å²) in [5, 5.41) is 1.97. The molecule has 0 saturated carbocycles. The minimum atomic E-state index is -0.527. The van der Waals surface area contributed by atoms with E-state index in [-0.39, 0.29) is 17.9 Å². The molecule has 1 aromatic heterocycles. The Morgan fingerprint density at radius 1 is 1.26 bits per heavy atom. The lowest BCUT2D eigenvalue weighted by Crippen LogP contribution is -2.39. The summed E-state index contributed by atoms with van der Waals surface area (Å²) in [5.41, 5.74) is 3.83. The second-order valence-corrected chi connectivity index (χ2v) is 8.02. The first-order chi connectivity index (χ1) is 12.7. The Morgan fingerprint density at radius 3 is 2.44 bits per heavy atom. The molecule has 0 saturated heterocycles. The summed E-state index contributed by atoms with van der Waals surface area (Å²) in [6.45, 7) is 11.9. The second-order valence-electron chi connectivity index (χ2n) is 7.11. The van der Waals surface area contributed by atoms with Crippen molar-refractivity contribution in [2.75, 3.05) is 13.7 Å². The first-order valence-corrected chi connectivity index (χ1v) is 9.93. The monoisotopic (exact) mass is 388 g/mol. The van der Waals surface area contributed by atoms with Gasteiger partial charge in [-0.15, -0.1) is 11.3 Å². The van der Waals surface area contributed by atoms with Crippen LogP contribution in [0.5, 0.6) is 0 Å². The number of carbonyl (C=O) groups is 2. The molecule has 0 bridgehead atoms. The molecule has 2 unspecified atom stereocenters. The largest absolute Gasteiger partial charge is 0.462 e. The van der Waals surface area contributed by atoms with Gasteiger partial charge < -0.3 is 9.47 Å². The molecule has 0 N–H and O–H groups in total. The smallest absolute Gasteiger partial charge is 0.338 e. The van der Waals surface area contributed by atoms with Gasteiger partial charge in [0, 0.05) is 12.5 Å². The number of methoxy groups -OCH3 is 1. The number of carbonyl (C=O) groups excluding carboxylic acids is 2. The highest BCUT2D eigenvalue weighted by molar-refractivity contribution is 7.12. The average molecular weight is 389 g/mol. The van der Waals surface area contributed by atoms with Crippen LogP contribution in [0.3, 0.4) is 0 Å². The lowest BCUT2D eigenvalue weighted by molar-refractivity contribution is -0.138. The highest BCUT2D eigenvalue weighted by Gasteiger charge is 2.42. The van der Waals surface area contributed by atoms with Crippen molar-refractivity contribution in [3.63, 3.8) is 0 Å². The van der Waals surface area contributed by atoms with Gasteiger partial charge in [0.1, 0.15) is 0 Å². The Hall–Kier alpha value is -1.98. The molecule has 4 nitrogen and oxygen atoms in total. The van der Waals surface area contributed by atoms with Gasteiger partial charge in [0.25, 0.3) is 0 Å². The van der Waals surface area contributed by atoms with E-state index in [0.717, 1.165) is 27.2 Å². The molecule has 0 amide bonds. The van der Waals surface area contributed by atoms with Crippen molar-refractivity contribution in [3.05, 3.63) is 56.3 Å². The maximum absolute atomic E-state index is 12.5.